The lowest BCUT2D eigenvalue weighted by Gasteiger charge is -2.40. The Labute approximate surface area is 165 Å². The van der Waals surface area contributed by atoms with E-state index in [1.165, 1.54) is 0 Å². The largest absolute Gasteiger partial charge is 0.480 e. The van der Waals surface area contributed by atoms with Gasteiger partial charge in [0.25, 0.3) is 0 Å². The maximum absolute atomic E-state index is 13.0. The molecule has 1 aromatic rings. The zero-order valence-corrected chi connectivity index (χ0v) is 16.5. The SMILES string of the molecule is CC(C)C[C@@H]1[C@H](C(=O)NCc2ccccc2)C[C@@H]2CN(CC(=O)O)CC(=O)N21. The van der Waals surface area contributed by atoms with Crippen molar-refractivity contribution in [1.29, 1.82) is 0 Å². The molecule has 2 aliphatic heterocycles. The molecule has 152 valence electrons. The number of nitrogens with zero attached hydrogens (tertiary/aromatic N) is 2. The van der Waals surface area contributed by atoms with E-state index in [1.54, 1.807) is 4.90 Å². The second-order valence-electron chi connectivity index (χ2n) is 8.26. The van der Waals surface area contributed by atoms with E-state index in [9.17, 15) is 14.4 Å². The van der Waals surface area contributed by atoms with E-state index in [-0.39, 0.29) is 42.9 Å². The highest BCUT2D eigenvalue weighted by Crippen LogP contribution is 2.36. The predicted octanol–water partition coefficient (Wildman–Crippen LogP) is 1.33. The summed E-state index contributed by atoms with van der Waals surface area (Å²) < 4.78 is 0. The van der Waals surface area contributed by atoms with Crippen molar-refractivity contribution in [2.75, 3.05) is 19.6 Å². The third-order valence-electron chi connectivity index (χ3n) is 5.58. The number of rotatable bonds is 7. The van der Waals surface area contributed by atoms with Gasteiger partial charge in [-0.25, -0.2) is 0 Å². The van der Waals surface area contributed by atoms with E-state index < -0.39 is 5.97 Å². The molecule has 3 atom stereocenters. The summed E-state index contributed by atoms with van der Waals surface area (Å²) in [4.78, 5) is 40.3. The number of carboxylic acids is 1. The molecule has 2 saturated heterocycles. The summed E-state index contributed by atoms with van der Waals surface area (Å²) in [6, 6.07) is 9.53. The molecule has 0 saturated carbocycles. The normalized spacial score (nSPS) is 25.0. The lowest BCUT2D eigenvalue weighted by molar-refractivity contribution is -0.145. The van der Waals surface area contributed by atoms with Crippen molar-refractivity contribution in [2.45, 2.75) is 45.3 Å². The monoisotopic (exact) mass is 387 g/mol. The van der Waals surface area contributed by atoms with Crippen LogP contribution in [0.1, 0.15) is 32.3 Å². The molecule has 0 aromatic heterocycles. The fraction of sp³-hybridized carbons (Fsp3) is 0.571. The van der Waals surface area contributed by atoms with Crippen LogP contribution < -0.4 is 5.32 Å². The second kappa shape index (κ2) is 8.73. The van der Waals surface area contributed by atoms with Crippen LogP contribution in [-0.4, -0.2) is 64.4 Å². The van der Waals surface area contributed by atoms with Crippen molar-refractivity contribution in [3.8, 4) is 0 Å². The highest BCUT2D eigenvalue weighted by atomic mass is 16.4. The Balaban J connectivity index is 1.71. The van der Waals surface area contributed by atoms with Crippen molar-refractivity contribution in [3.05, 3.63) is 35.9 Å². The fourth-order valence-corrected chi connectivity index (χ4v) is 4.49. The van der Waals surface area contributed by atoms with Gasteiger partial charge in [-0.15, -0.1) is 0 Å². The fourth-order valence-electron chi connectivity index (χ4n) is 4.49. The highest BCUT2D eigenvalue weighted by molar-refractivity contribution is 5.85. The number of hydrogen-bond donors (Lipinski definition) is 2. The van der Waals surface area contributed by atoms with Gasteiger partial charge in [-0.1, -0.05) is 44.2 Å². The van der Waals surface area contributed by atoms with Crippen LogP contribution in [0.25, 0.3) is 0 Å². The van der Waals surface area contributed by atoms with Crippen LogP contribution in [0.4, 0.5) is 0 Å². The van der Waals surface area contributed by atoms with Gasteiger partial charge >= 0.3 is 5.97 Å². The first-order valence-electron chi connectivity index (χ1n) is 9.92. The first-order valence-corrected chi connectivity index (χ1v) is 9.92. The molecule has 0 unspecified atom stereocenters. The molecule has 2 amide bonds. The van der Waals surface area contributed by atoms with Crippen molar-refractivity contribution in [1.82, 2.24) is 15.1 Å². The minimum absolute atomic E-state index is 0.0264. The van der Waals surface area contributed by atoms with Gasteiger partial charge < -0.3 is 15.3 Å². The summed E-state index contributed by atoms with van der Waals surface area (Å²) in [6.07, 6.45) is 1.35. The molecule has 0 bridgehead atoms. The summed E-state index contributed by atoms with van der Waals surface area (Å²) in [6.45, 7) is 5.13. The first-order chi connectivity index (χ1) is 13.3. The smallest absolute Gasteiger partial charge is 0.317 e. The van der Waals surface area contributed by atoms with Gasteiger partial charge in [0.1, 0.15) is 0 Å². The lowest BCUT2D eigenvalue weighted by atomic mass is 9.91. The molecule has 1 aromatic carbocycles. The van der Waals surface area contributed by atoms with E-state index in [2.05, 4.69) is 19.2 Å². The van der Waals surface area contributed by atoms with Crippen LogP contribution in [-0.2, 0) is 20.9 Å². The van der Waals surface area contributed by atoms with Crippen molar-refractivity contribution < 1.29 is 19.5 Å². The Kier molecular flexibility index (Phi) is 6.34. The van der Waals surface area contributed by atoms with E-state index in [0.717, 1.165) is 12.0 Å². The molecule has 7 nitrogen and oxygen atoms in total. The van der Waals surface area contributed by atoms with E-state index in [4.69, 9.17) is 5.11 Å². The van der Waals surface area contributed by atoms with Crippen LogP contribution in [0.2, 0.25) is 0 Å². The molecule has 7 heteroatoms. The third kappa shape index (κ3) is 4.70. The van der Waals surface area contributed by atoms with Crippen LogP contribution >= 0.6 is 0 Å². The average molecular weight is 387 g/mol. The molecule has 28 heavy (non-hydrogen) atoms. The standard InChI is InChI=1S/C21H29N3O4/c1-14(2)8-18-17(21(28)22-10-15-6-4-3-5-7-15)9-16-11-23(13-20(26)27)12-19(25)24(16)18/h3-7,14,16-18H,8-13H2,1-2H3,(H,22,28)(H,26,27)/t16-,17-,18-/m1/s1. The van der Waals surface area contributed by atoms with Crippen LogP contribution in [0.3, 0.4) is 0 Å². The molecule has 0 aliphatic carbocycles. The number of carbonyl (C=O) groups excluding carboxylic acids is 2. The number of amides is 2. The Hall–Kier alpha value is -2.41. The van der Waals surface area contributed by atoms with Crippen LogP contribution in [0.15, 0.2) is 30.3 Å². The average Bonchev–Trinajstić information content (AvgIpc) is 2.98. The summed E-state index contributed by atoms with van der Waals surface area (Å²) >= 11 is 0. The minimum Gasteiger partial charge on any atom is -0.480 e. The zero-order chi connectivity index (χ0) is 20.3. The minimum atomic E-state index is -0.935. The summed E-state index contributed by atoms with van der Waals surface area (Å²) in [5.74, 6) is -0.930. The van der Waals surface area contributed by atoms with Crippen LogP contribution in [0.5, 0.6) is 0 Å². The van der Waals surface area contributed by atoms with Gasteiger partial charge in [-0.3, -0.25) is 19.3 Å². The second-order valence-corrected chi connectivity index (χ2v) is 8.26. The summed E-state index contributed by atoms with van der Waals surface area (Å²) in [7, 11) is 0. The van der Waals surface area contributed by atoms with Crippen LogP contribution in [0, 0.1) is 11.8 Å². The quantitative estimate of drug-likeness (QED) is 0.737. The molecule has 3 rings (SSSR count). The maximum Gasteiger partial charge on any atom is 0.317 e. The Morgan fingerprint density at radius 3 is 2.61 bits per heavy atom. The molecular weight excluding hydrogens is 358 g/mol. The van der Waals surface area contributed by atoms with Gasteiger partial charge in [0, 0.05) is 25.2 Å². The number of carboxylic acid groups (broad SMARTS) is 1. The molecule has 2 aliphatic rings. The van der Waals surface area contributed by atoms with Crippen molar-refractivity contribution >= 4 is 17.8 Å². The van der Waals surface area contributed by atoms with Gasteiger partial charge in [0.05, 0.1) is 19.0 Å². The summed E-state index contributed by atoms with van der Waals surface area (Å²) in [5.41, 5.74) is 1.04. The number of aliphatic carboxylic acids is 1. The van der Waals surface area contributed by atoms with E-state index in [1.807, 2.05) is 35.2 Å². The van der Waals surface area contributed by atoms with Gasteiger partial charge in [-0.2, -0.15) is 0 Å². The number of nitrogens with one attached hydrogen (secondary N) is 1. The molecule has 0 spiro atoms. The number of fused-ring (bicyclic) bond motifs is 1. The van der Waals surface area contributed by atoms with Gasteiger partial charge in [0.2, 0.25) is 11.8 Å². The molecule has 2 heterocycles. The van der Waals surface area contributed by atoms with E-state index in [0.29, 0.717) is 25.4 Å². The van der Waals surface area contributed by atoms with Gasteiger partial charge in [-0.05, 0) is 24.3 Å². The topological polar surface area (TPSA) is 90.0 Å². The molecule has 0 radical (unpaired) electrons. The Bertz CT molecular complexity index is 722. The maximum atomic E-state index is 13.0. The Morgan fingerprint density at radius 1 is 1.25 bits per heavy atom. The number of carbonyl (C=O) groups is 3. The highest BCUT2D eigenvalue weighted by Gasteiger charge is 2.49. The Morgan fingerprint density at radius 2 is 1.96 bits per heavy atom. The zero-order valence-electron chi connectivity index (χ0n) is 16.5. The number of hydrogen-bond acceptors (Lipinski definition) is 4. The molecular formula is C21H29N3O4. The number of piperazine rings is 1. The predicted molar refractivity (Wildman–Crippen MR) is 104 cm³/mol. The van der Waals surface area contributed by atoms with Crippen molar-refractivity contribution in [3.63, 3.8) is 0 Å². The first kappa shape index (κ1) is 20.3. The lowest BCUT2D eigenvalue weighted by Crippen LogP contribution is -2.57. The van der Waals surface area contributed by atoms with E-state index >= 15 is 0 Å². The van der Waals surface area contributed by atoms with Crippen molar-refractivity contribution in [2.24, 2.45) is 11.8 Å². The summed E-state index contributed by atoms with van der Waals surface area (Å²) in [5, 5.41) is 12.1. The molecule has 2 fully saturated rings. The molecule has 2 N–H and O–H groups in total. The van der Waals surface area contributed by atoms with Gasteiger partial charge in [0.15, 0.2) is 0 Å². The third-order valence-corrected chi connectivity index (χ3v) is 5.58. The number of benzene rings is 1.